The van der Waals surface area contributed by atoms with Gasteiger partial charge in [0.2, 0.25) is 0 Å². The van der Waals surface area contributed by atoms with Gasteiger partial charge in [-0.15, -0.1) is 0 Å². The molecule has 2 aromatic heterocycles. The molecule has 0 aliphatic heterocycles. The zero-order valence-corrected chi connectivity index (χ0v) is 14.2. The number of aromatic nitrogens is 3. The molecule has 4 rings (SSSR count). The van der Waals surface area contributed by atoms with E-state index in [2.05, 4.69) is 15.0 Å². The molecule has 0 unspecified atom stereocenters. The summed E-state index contributed by atoms with van der Waals surface area (Å²) in [6, 6.07) is 9.79. The number of anilines is 1. The topological polar surface area (TPSA) is 83.2 Å². The third kappa shape index (κ3) is 2.45. The Bertz CT molecular complexity index is 1150. The Balaban J connectivity index is 2.00. The molecule has 0 bridgehead atoms. The van der Waals surface area contributed by atoms with Crippen LogP contribution in [0.25, 0.3) is 33.2 Å². The van der Waals surface area contributed by atoms with Crippen LogP contribution in [-0.4, -0.2) is 29.2 Å². The lowest BCUT2D eigenvalue weighted by Gasteiger charge is -2.11. The molecule has 0 saturated heterocycles. The molecule has 0 amide bonds. The van der Waals surface area contributed by atoms with Gasteiger partial charge >= 0.3 is 0 Å². The van der Waals surface area contributed by atoms with Crippen molar-refractivity contribution in [3.05, 3.63) is 48.4 Å². The highest BCUT2D eigenvalue weighted by atomic mass is 19.1. The van der Waals surface area contributed by atoms with Gasteiger partial charge in [-0.05, 0) is 30.3 Å². The third-order valence-electron chi connectivity index (χ3n) is 4.19. The van der Waals surface area contributed by atoms with Gasteiger partial charge in [0, 0.05) is 28.6 Å². The number of hydrogen-bond donors (Lipinski definition) is 1. The first kappa shape index (κ1) is 16.0. The summed E-state index contributed by atoms with van der Waals surface area (Å²) < 4.78 is 24.7. The molecule has 0 aliphatic carbocycles. The Labute approximate surface area is 148 Å². The zero-order chi connectivity index (χ0) is 18.3. The predicted molar refractivity (Wildman–Crippen MR) is 97.7 cm³/mol. The van der Waals surface area contributed by atoms with Crippen molar-refractivity contribution in [3.63, 3.8) is 0 Å². The van der Waals surface area contributed by atoms with Crippen molar-refractivity contribution in [1.82, 2.24) is 15.0 Å². The average molecular weight is 350 g/mol. The van der Waals surface area contributed by atoms with Crippen LogP contribution in [-0.2, 0) is 0 Å². The molecule has 0 spiro atoms. The lowest BCUT2D eigenvalue weighted by Crippen LogP contribution is -2.00. The second-order valence-electron chi connectivity index (χ2n) is 5.65. The van der Waals surface area contributed by atoms with E-state index in [9.17, 15) is 4.39 Å². The monoisotopic (exact) mass is 350 g/mol. The van der Waals surface area contributed by atoms with Crippen molar-refractivity contribution in [3.8, 4) is 22.9 Å². The standard InChI is InChI=1S/C19H15FN4O2/c1-25-15-8-12-14(9-16(15)26-2)23-19(24-18(12)21)11-5-6-13(20)10-4-3-7-22-17(10)11/h3-9H,1-2H3,(H2,21,23,24). The molecule has 0 fully saturated rings. The highest BCUT2D eigenvalue weighted by molar-refractivity contribution is 5.96. The van der Waals surface area contributed by atoms with E-state index in [4.69, 9.17) is 15.2 Å². The number of ether oxygens (including phenoxy) is 2. The van der Waals surface area contributed by atoms with Crippen molar-refractivity contribution >= 4 is 27.6 Å². The van der Waals surface area contributed by atoms with E-state index in [1.807, 2.05) is 0 Å². The van der Waals surface area contributed by atoms with Crippen LogP contribution in [0.5, 0.6) is 11.5 Å². The van der Waals surface area contributed by atoms with Crippen molar-refractivity contribution < 1.29 is 13.9 Å². The molecule has 2 aromatic carbocycles. The first-order chi connectivity index (χ1) is 12.6. The van der Waals surface area contributed by atoms with Crippen LogP contribution in [0.4, 0.5) is 10.2 Å². The van der Waals surface area contributed by atoms with Gasteiger partial charge in [0.05, 0.1) is 25.3 Å². The van der Waals surface area contributed by atoms with Gasteiger partial charge in [0.15, 0.2) is 17.3 Å². The highest BCUT2D eigenvalue weighted by Gasteiger charge is 2.15. The predicted octanol–water partition coefficient (Wildman–Crippen LogP) is 3.58. The summed E-state index contributed by atoms with van der Waals surface area (Å²) in [5.74, 6) is 1.38. The number of nitrogen functional groups attached to an aromatic ring is 1. The van der Waals surface area contributed by atoms with Crippen molar-refractivity contribution in [2.45, 2.75) is 0 Å². The zero-order valence-electron chi connectivity index (χ0n) is 14.2. The molecule has 6 nitrogen and oxygen atoms in total. The van der Waals surface area contributed by atoms with Crippen LogP contribution >= 0.6 is 0 Å². The van der Waals surface area contributed by atoms with Crippen molar-refractivity contribution in [2.75, 3.05) is 20.0 Å². The van der Waals surface area contributed by atoms with Gasteiger partial charge in [0.25, 0.3) is 0 Å². The minimum Gasteiger partial charge on any atom is -0.493 e. The van der Waals surface area contributed by atoms with Gasteiger partial charge < -0.3 is 15.2 Å². The lowest BCUT2D eigenvalue weighted by molar-refractivity contribution is 0.356. The van der Waals surface area contributed by atoms with Crippen LogP contribution < -0.4 is 15.2 Å². The van der Waals surface area contributed by atoms with Crippen LogP contribution in [0.1, 0.15) is 0 Å². The molecular weight excluding hydrogens is 335 g/mol. The van der Waals surface area contributed by atoms with E-state index in [0.29, 0.717) is 50.5 Å². The van der Waals surface area contributed by atoms with E-state index in [-0.39, 0.29) is 5.82 Å². The largest absolute Gasteiger partial charge is 0.493 e. The smallest absolute Gasteiger partial charge is 0.164 e. The number of rotatable bonds is 3. The van der Waals surface area contributed by atoms with Crippen LogP contribution in [0, 0.1) is 5.82 Å². The number of nitrogens with zero attached hydrogens (tertiary/aromatic N) is 3. The maximum Gasteiger partial charge on any atom is 0.164 e. The Morgan fingerprint density at radius 1 is 0.962 bits per heavy atom. The number of benzene rings is 2. The van der Waals surface area contributed by atoms with Gasteiger partial charge in [-0.1, -0.05) is 0 Å². The van der Waals surface area contributed by atoms with Crippen LogP contribution in [0.2, 0.25) is 0 Å². The molecule has 4 aromatic rings. The summed E-state index contributed by atoms with van der Waals surface area (Å²) in [6.45, 7) is 0. The second-order valence-corrected chi connectivity index (χ2v) is 5.65. The van der Waals surface area contributed by atoms with E-state index >= 15 is 0 Å². The summed E-state index contributed by atoms with van der Waals surface area (Å²) in [6.07, 6.45) is 1.60. The van der Waals surface area contributed by atoms with E-state index in [1.165, 1.54) is 6.07 Å². The van der Waals surface area contributed by atoms with E-state index < -0.39 is 0 Å². The lowest BCUT2D eigenvalue weighted by atomic mass is 10.1. The fraction of sp³-hybridized carbons (Fsp3) is 0.105. The number of methoxy groups -OCH3 is 2. The Morgan fingerprint density at radius 2 is 1.73 bits per heavy atom. The third-order valence-corrected chi connectivity index (χ3v) is 4.19. The van der Waals surface area contributed by atoms with Gasteiger partial charge in [-0.25, -0.2) is 14.4 Å². The Hall–Kier alpha value is -3.48. The fourth-order valence-electron chi connectivity index (χ4n) is 2.92. The van der Waals surface area contributed by atoms with Gasteiger partial charge in [0.1, 0.15) is 11.6 Å². The second kappa shape index (κ2) is 6.11. The quantitative estimate of drug-likeness (QED) is 0.608. The molecule has 7 heteroatoms. The maximum absolute atomic E-state index is 14.1. The number of pyridine rings is 1. The highest BCUT2D eigenvalue weighted by Crippen LogP contribution is 2.35. The number of fused-ring (bicyclic) bond motifs is 2. The molecule has 0 radical (unpaired) electrons. The first-order valence-electron chi connectivity index (χ1n) is 7.85. The Morgan fingerprint density at radius 3 is 2.50 bits per heavy atom. The molecule has 0 aliphatic rings. The molecule has 130 valence electrons. The summed E-state index contributed by atoms with van der Waals surface area (Å²) in [4.78, 5) is 13.3. The summed E-state index contributed by atoms with van der Waals surface area (Å²) in [7, 11) is 3.10. The minimum atomic E-state index is -0.350. The molecule has 26 heavy (non-hydrogen) atoms. The first-order valence-corrected chi connectivity index (χ1v) is 7.85. The van der Waals surface area contributed by atoms with Crippen LogP contribution in [0.3, 0.4) is 0 Å². The summed E-state index contributed by atoms with van der Waals surface area (Å²) >= 11 is 0. The number of halogens is 1. The van der Waals surface area contributed by atoms with E-state index in [0.717, 1.165) is 0 Å². The van der Waals surface area contributed by atoms with Crippen molar-refractivity contribution in [1.29, 1.82) is 0 Å². The molecule has 2 heterocycles. The summed E-state index contributed by atoms with van der Waals surface area (Å²) in [5.41, 5.74) is 7.82. The number of hydrogen-bond acceptors (Lipinski definition) is 6. The van der Waals surface area contributed by atoms with Gasteiger partial charge in [-0.3, -0.25) is 4.98 Å². The molecule has 0 atom stereocenters. The normalized spacial score (nSPS) is 11.0. The number of nitrogens with two attached hydrogens (primary N) is 1. The fourth-order valence-corrected chi connectivity index (χ4v) is 2.92. The van der Waals surface area contributed by atoms with Crippen molar-refractivity contribution in [2.24, 2.45) is 0 Å². The SMILES string of the molecule is COc1cc2nc(-c3ccc(F)c4cccnc34)nc(N)c2cc1OC. The molecule has 0 saturated carbocycles. The molecular formula is C19H15FN4O2. The Kier molecular flexibility index (Phi) is 3.76. The average Bonchev–Trinajstić information content (AvgIpc) is 2.67. The van der Waals surface area contributed by atoms with Gasteiger partial charge in [-0.2, -0.15) is 0 Å². The summed E-state index contributed by atoms with van der Waals surface area (Å²) in [5, 5.41) is 1.05. The maximum atomic E-state index is 14.1. The van der Waals surface area contributed by atoms with Crippen LogP contribution in [0.15, 0.2) is 42.6 Å². The van der Waals surface area contributed by atoms with E-state index in [1.54, 1.807) is 50.7 Å². The minimum absolute atomic E-state index is 0.291. The molecule has 2 N–H and O–H groups in total.